The third kappa shape index (κ3) is 2.12. The van der Waals surface area contributed by atoms with Gasteiger partial charge in [-0.05, 0) is 23.8 Å². The van der Waals surface area contributed by atoms with E-state index in [1.807, 2.05) is 36.4 Å². The molecule has 0 fully saturated rings. The van der Waals surface area contributed by atoms with E-state index >= 15 is 0 Å². The van der Waals surface area contributed by atoms with Gasteiger partial charge in [0.25, 0.3) is 10.0 Å². The molecule has 0 spiro atoms. The van der Waals surface area contributed by atoms with Crippen LogP contribution in [0, 0.1) is 0 Å². The number of nitrogens with zero attached hydrogens (tertiary/aromatic N) is 5. The molecule has 0 saturated carbocycles. The molecule has 2 aromatic heterocycles. The lowest BCUT2D eigenvalue weighted by Crippen LogP contribution is -2.25. The number of imidazole rings is 1. The van der Waals surface area contributed by atoms with Crippen LogP contribution in [0.2, 0.25) is 0 Å². The van der Waals surface area contributed by atoms with E-state index in [-0.39, 0.29) is 6.54 Å². The van der Waals surface area contributed by atoms with Gasteiger partial charge in [-0.2, -0.15) is 4.98 Å². The average Bonchev–Trinajstić information content (AvgIpc) is 3.21. The number of fused-ring (bicyclic) bond motifs is 2. The third-order valence-corrected chi connectivity index (χ3v) is 6.26. The SMILES string of the molecule is O=S1(=O)c2ccccc2CN1c1ccnc(-n2cnc3ccccc32)n1. The van der Waals surface area contributed by atoms with Gasteiger partial charge in [-0.1, -0.05) is 30.3 Å². The fourth-order valence-corrected chi connectivity index (χ4v) is 4.77. The van der Waals surface area contributed by atoms with Gasteiger partial charge in [0, 0.05) is 12.3 Å². The maximum absolute atomic E-state index is 12.8. The molecule has 0 atom stereocenters. The first-order valence-electron chi connectivity index (χ1n) is 8.01. The van der Waals surface area contributed by atoms with Gasteiger partial charge < -0.3 is 0 Å². The van der Waals surface area contributed by atoms with Crippen LogP contribution >= 0.6 is 0 Å². The van der Waals surface area contributed by atoms with Gasteiger partial charge in [-0.15, -0.1) is 0 Å². The van der Waals surface area contributed by atoms with Crippen molar-refractivity contribution in [3.05, 3.63) is 72.7 Å². The van der Waals surface area contributed by atoms with Gasteiger partial charge >= 0.3 is 0 Å². The molecule has 2 aromatic carbocycles. The molecule has 0 unspecified atom stereocenters. The van der Waals surface area contributed by atoms with Crippen molar-refractivity contribution in [2.75, 3.05) is 4.31 Å². The average molecular weight is 363 g/mol. The van der Waals surface area contributed by atoms with E-state index in [2.05, 4.69) is 15.0 Å². The Hall–Kier alpha value is -3.26. The predicted octanol–water partition coefficient (Wildman–Crippen LogP) is 2.52. The second-order valence-corrected chi connectivity index (χ2v) is 7.77. The summed E-state index contributed by atoms with van der Waals surface area (Å²) in [6, 6.07) is 16.2. The lowest BCUT2D eigenvalue weighted by molar-refractivity contribution is 0.596. The minimum absolute atomic E-state index is 0.264. The Balaban J connectivity index is 1.62. The summed E-state index contributed by atoms with van der Waals surface area (Å²) in [6.07, 6.45) is 3.20. The number of aromatic nitrogens is 4. The van der Waals surface area contributed by atoms with Gasteiger partial charge in [0.15, 0.2) is 0 Å². The van der Waals surface area contributed by atoms with Crippen molar-refractivity contribution in [2.24, 2.45) is 0 Å². The summed E-state index contributed by atoms with van der Waals surface area (Å²) in [5, 5.41) is 0. The highest BCUT2D eigenvalue weighted by atomic mass is 32.2. The third-order valence-electron chi connectivity index (χ3n) is 4.41. The van der Waals surface area contributed by atoms with Crippen LogP contribution in [0.1, 0.15) is 5.56 Å². The van der Waals surface area contributed by atoms with Crippen LogP contribution in [-0.4, -0.2) is 27.9 Å². The van der Waals surface area contributed by atoms with E-state index in [9.17, 15) is 8.42 Å². The molecule has 5 rings (SSSR count). The van der Waals surface area contributed by atoms with Gasteiger partial charge in [-0.25, -0.2) is 22.7 Å². The molecule has 0 bridgehead atoms. The number of hydrogen-bond acceptors (Lipinski definition) is 5. The number of anilines is 1. The zero-order valence-electron chi connectivity index (χ0n) is 13.5. The van der Waals surface area contributed by atoms with Crippen molar-refractivity contribution in [1.29, 1.82) is 0 Å². The summed E-state index contributed by atoms with van der Waals surface area (Å²) >= 11 is 0. The van der Waals surface area contributed by atoms with E-state index in [4.69, 9.17) is 0 Å². The van der Waals surface area contributed by atoms with E-state index in [0.29, 0.717) is 16.7 Å². The summed E-state index contributed by atoms with van der Waals surface area (Å²) in [7, 11) is -3.61. The molecule has 7 nitrogen and oxygen atoms in total. The second kappa shape index (κ2) is 5.37. The highest BCUT2D eigenvalue weighted by Crippen LogP contribution is 2.33. The second-order valence-electron chi connectivity index (χ2n) is 5.94. The highest BCUT2D eigenvalue weighted by molar-refractivity contribution is 7.93. The molecule has 0 radical (unpaired) electrons. The Morgan fingerprint density at radius 3 is 2.62 bits per heavy atom. The van der Waals surface area contributed by atoms with Crippen LogP contribution < -0.4 is 4.31 Å². The lowest BCUT2D eigenvalue weighted by Gasteiger charge is -2.16. The zero-order valence-corrected chi connectivity index (χ0v) is 14.3. The zero-order chi connectivity index (χ0) is 17.7. The largest absolute Gasteiger partial charge is 0.267 e. The number of benzene rings is 2. The predicted molar refractivity (Wildman–Crippen MR) is 96.5 cm³/mol. The van der Waals surface area contributed by atoms with Crippen LogP contribution in [0.4, 0.5) is 5.82 Å². The van der Waals surface area contributed by atoms with Crippen molar-refractivity contribution in [3.63, 3.8) is 0 Å². The molecule has 4 aromatic rings. The van der Waals surface area contributed by atoms with Crippen LogP contribution in [0.25, 0.3) is 17.0 Å². The maximum atomic E-state index is 12.8. The van der Waals surface area contributed by atoms with Crippen LogP contribution in [-0.2, 0) is 16.6 Å². The molecular formula is C18H13N5O2S. The Labute approximate surface area is 149 Å². The van der Waals surface area contributed by atoms with Crippen molar-refractivity contribution in [3.8, 4) is 5.95 Å². The van der Waals surface area contributed by atoms with E-state index in [1.54, 1.807) is 35.3 Å². The summed E-state index contributed by atoms with van der Waals surface area (Å²) in [5.41, 5.74) is 2.45. The van der Waals surface area contributed by atoms with Gasteiger partial charge in [0.1, 0.15) is 12.1 Å². The smallest absolute Gasteiger partial charge is 0.266 e. The molecule has 0 N–H and O–H groups in total. The fourth-order valence-electron chi connectivity index (χ4n) is 3.16. The first kappa shape index (κ1) is 15.0. The Kier molecular flexibility index (Phi) is 3.10. The van der Waals surface area contributed by atoms with Crippen molar-refractivity contribution < 1.29 is 8.42 Å². The standard InChI is InChI=1S/C18H13N5O2S/c24-26(25)16-8-4-1-5-13(16)11-23(26)17-9-10-19-18(21-17)22-12-20-14-6-2-3-7-15(14)22/h1-10,12H,11H2. The fraction of sp³-hybridized carbons (Fsp3) is 0.0556. The molecule has 128 valence electrons. The van der Waals surface area contributed by atoms with Crippen LogP contribution in [0.3, 0.4) is 0 Å². The Morgan fingerprint density at radius 1 is 0.923 bits per heavy atom. The Morgan fingerprint density at radius 2 is 1.73 bits per heavy atom. The highest BCUT2D eigenvalue weighted by Gasteiger charge is 2.35. The molecule has 0 amide bonds. The topological polar surface area (TPSA) is 81.0 Å². The Bertz CT molecular complexity index is 1250. The first-order valence-corrected chi connectivity index (χ1v) is 9.45. The number of para-hydroxylation sites is 2. The molecule has 3 heterocycles. The minimum Gasteiger partial charge on any atom is -0.267 e. The van der Waals surface area contributed by atoms with Crippen LogP contribution in [0.15, 0.2) is 72.0 Å². The van der Waals surface area contributed by atoms with E-state index in [0.717, 1.165) is 16.6 Å². The van der Waals surface area contributed by atoms with Gasteiger partial charge in [-0.3, -0.25) is 4.57 Å². The maximum Gasteiger partial charge on any atom is 0.266 e. The number of hydrogen-bond donors (Lipinski definition) is 0. The monoisotopic (exact) mass is 363 g/mol. The number of rotatable bonds is 2. The minimum atomic E-state index is -3.61. The molecular weight excluding hydrogens is 350 g/mol. The summed E-state index contributed by atoms with van der Waals surface area (Å²) < 4.78 is 28.7. The van der Waals surface area contributed by atoms with Gasteiger partial charge in [0.2, 0.25) is 5.95 Å². The van der Waals surface area contributed by atoms with E-state index in [1.165, 1.54) is 4.31 Å². The van der Waals surface area contributed by atoms with Crippen LogP contribution in [0.5, 0.6) is 0 Å². The molecule has 0 saturated heterocycles. The molecule has 1 aliphatic rings. The van der Waals surface area contributed by atoms with Crippen molar-refractivity contribution in [1.82, 2.24) is 19.5 Å². The van der Waals surface area contributed by atoms with Crippen molar-refractivity contribution in [2.45, 2.75) is 11.4 Å². The number of sulfonamides is 1. The quantitative estimate of drug-likeness (QED) is 0.547. The summed E-state index contributed by atoms with van der Waals surface area (Å²) in [5.74, 6) is 0.714. The molecule has 0 aliphatic carbocycles. The normalized spacial score (nSPS) is 15.3. The lowest BCUT2D eigenvalue weighted by atomic mass is 10.2. The summed E-state index contributed by atoms with van der Waals surface area (Å²) in [6.45, 7) is 0.264. The molecule has 1 aliphatic heterocycles. The first-order chi connectivity index (χ1) is 12.6. The molecule has 26 heavy (non-hydrogen) atoms. The van der Waals surface area contributed by atoms with Crippen molar-refractivity contribution >= 4 is 26.9 Å². The van der Waals surface area contributed by atoms with E-state index < -0.39 is 10.0 Å². The van der Waals surface area contributed by atoms with Gasteiger partial charge in [0.05, 0.1) is 22.5 Å². The molecule has 8 heteroatoms. The summed E-state index contributed by atoms with van der Waals surface area (Å²) in [4.78, 5) is 13.4.